The number of ether oxygens (including phenoxy) is 3. The van der Waals surface area contributed by atoms with E-state index in [1.807, 2.05) is 0 Å². The smallest absolute Gasteiger partial charge is 0.306 e. The molecule has 1 atom stereocenters. The highest BCUT2D eigenvalue weighted by Crippen LogP contribution is 2.19. The Morgan fingerprint density at radius 3 is 0.671 bits per heavy atom. The van der Waals surface area contributed by atoms with E-state index in [0.29, 0.717) is 19.3 Å². The first-order valence-corrected chi connectivity index (χ1v) is 35.8. The minimum absolute atomic E-state index is 0.0687. The van der Waals surface area contributed by atoms with Gasteiger partial charge in [0.1, 0.15) is 13.2 Å². The van der Waals surface area contributed by atoms with Gasteiger partial charge in [0.15, 0.2) is 6.10 Å². The molecule has 0 N–H and O–H groups in total. The van der Waals surface area contributed by atoms with Crippen LogP contribution < -0.4 is 0 Å². The normalized spacial score (nSPS) is 12.1. The average molecular weight is 1110 g/mol. The summed E-state index contributed by atoms with van der Waals surface area (Å²) in [6.07, 6.45) is 83.7. The van der Waals surface area contributed by atoms with Gasteiger partial charge >= 0.3 is 17.9 Å². The number of esters is 3. The second-order valence-corrected chi connectivity index (χ2v) is 24.5. The Labute approximate surface area is 493 Å². The zero-order valence-corrected chi connectivity index (χ0v) is 53.7. The Kier molecular flexibility index (Phi) is 66.6. The summed E-state index contributed by atoms with van der Waals surface area (Å²) in [7, 11) is 0. The number of unbranched alkanes of at least 4 members (excludes halogenated alkanes) is 52. The molecule has 0 saturated heterocycles. The van der Waals surface area contributed by atoms with Crippen LogP contribution in [0.1, 0.15) is 406 Å². The topological polar surface area (TPSA) is 78.9 Å². The largest absolute Gasteiger partial charge is 0.462 e. The first kappa shape index (κ1) is 76.9. The van der Waals surface area contributed by atoms with Crippen LogP contribution in [-0.4, -0.2) is 37.2 Å². The van der Waals surface area contributed by atoms with Crippen molar-refractivity contribution in [2.45, 2.75) is 412 Å². The molecule has 6 nitrogen and oxygen atoms in total. The van der Waals surface area contributed by atoms with Gasteiger partial charge in [-0.3, -0.25) is 14.4 Å². The number of carbonyl (C=O) groups is 3. The molecule has 0 spiro atoms. The van der Waals surface area contributed by atoms with E-state index in [2.05, 4.69) is 45.1 Å². The van der Waals surface area contributed by atoms with Crippen LogP contribution >= 0.6 is 0 Å². The van der Waals surface area contributed by atoms with Crippen molar-refractivity contribution in [1.82, 2.24) is 0 Å². The lowest BCUT2D eigenvalue weighted by molar-refractivity contribution is -0.167. The molecule has 0 aromatic rings. The highest BCUT2D eigenvalue weighted by atomic mass is 16.6. The van der Waals surface area contributed by atoms with Gasteiger partial charge in [-0.05, 0) is 64.2 Å². The highest BCUT2D eigenvalue weighted by molar-refractivity contribution is 5.71. The van der Waals surface area contributed by atoms with E-state index in [1.165, 1.54) is 302 Å². The lowest BCUT2D eigenvalue weighted by Crippen LogP contribution is -2.30. The Hall–Kier alpha value is -2.11. The van der Waals surface area contributed by atoms with Crippen LogP contribution in [0, 0.1) is 0 Å². The van der Waals surface area contributed by atoms with E-state index < -0.39 is 6.10 Å². The van der Waals surface area contributed by atoms with Crippen molar-refractivity contribution in [3.63, 3.8) is 0 Å². The summed E-state index contributed by atoms with van der Waals surface area (Å²) in [4.78, 5) is 38.4. The fourth-order valence-electron chi connectivity index (χ4n) is 11.0. The minimum atomic E-state index is -0.773. The van der Waals surface area contributed by atoms with Crippen molar-refractivity contribution in [1.29, 1.82) is 0 Å². The van der Waals surface area contributed by atoms with Crippen LogP contribution in [0.25, 0.3) is 0 Å². The molecular weight excluding hydrogens is 973 g/mol. The average Bonchev–Trinajstić information content (AvgIpc) is 3.45. The zero-order chi connectivity index (χ0) is 57.1. The summed E-state index contributed by atoms with van der Waals surface area (Å²) in [6, 6.07) is 0. The van der Waals surface area contributed by atoms with Gasteiger partial charge < -0.3 is 14.2 Å². The molecule has 466 valence electrons. The number of hydrogen-bond donors (Lipinski definition) is 0. The van der Waals surface area contributed by atoms with E-state index >= 15 is 0 Å². The van der Waals surface area contributed by atoms with Crippen LogP contribution in [-0.2, 0) is 28.6 Å². The molecule has 1 unspecified atom stereocenters. The lowest BCUT2D eigenvalue weighted by atomic mass is 10.0. The highest BCUT2D eigenvalue weighted by Gasteiger charge is 2.19. The van der Waals surface area contributed by atoms with Crippen LogP contribution in [0.15, 0.2) is 24.3 Å². The second-order valence-electron chi connectivity index (χ2n) is 24.5. The Morgan fingerprint density at radius 2 is 0.430 bits per heavy atom. The van der Waals surface area contributed by atoms with Crippen molar-refractivity contribution >= 4 is 17.9 Å². The predicted molar refractivity (Wildman–Crippen MR) is 344 cm³/mol. The quantitative estimate of drug-likeness (QED) is 0.0261. The summed E-state index contributed by atoms with van der Waals surface area (Å²) >= 11 is 0. The Balaban J connectivity index is 4.15. The van der Waals surface area contributed by atoms with Crippen molar-refractivity contribution in [3.8, 4) is 0 Å². The van der Waals surface area contributed by atoms with E-state index in [4.69, 9.17) is 14.2 Å². The molecule has 6 heteroatoms. The molecule has 0 amide bonds. The van der Waals surface area contributed by atoms with Crippen molar-refractivity contribution in [3.05, 3.63) is 24.3 Å². The monoisotopic (exact) mass is 1110 g/mol. The lowest BCUT2D eigenvalue weighted by Gasteiger charge is -2.18. The third-order valence-electron chi connectivity index (χ3n) is 16.4. The van der Waals surface area contributed by atoms with Crippen LogP contribution in [0.5, 0.6) is 0 Å². The third-order valence-corrected chi connectivity index (χ3v) is 16.4. The molecule has 0 heterocycles. The summed E-state index contributed by atoms with van der Waals surface area (Å²) in [5.74, 6) is -0.850. The second kappa shape index (κ2) is 68.4. The summed E-state index contributed by atoms with van der Waals surface area (Å²) < 4.78 is 17.0. The fraction of sp³-hybridized carbons (Fsp3) is 0.904. The van der Waals surface area contributed by atoms with Gasteiger partial charge in [0.05, 0.1) is 0 Å². The van der Waals surface area contributed by atoms with Gasteiger partial charge in [-0.15, -0.1) is 0 Å². The summed E-state index contributed by atoms with van der Waals surface area (Å²) in [5.41, 5.74) is 0. The Bertz CT molecular complexity index is 1270. The van der Waals surface area contributed by atoms with Gasteiger partial charge in [0, 0.05) is 19.3 Å². The maximum atomic E-state index is 12.9. The molecule has 0 radical (unpaired) electrons. The van der Waals surface area contributed by atoms with Crippen LogP contribution in [0.2, 0.25) is 0 Å². The Morgan fingerprint density at radius 1 is 0.241 bits per heavy atom. The zero-order valence-electron chi connectivity index (χ0n) is 53.7. The SMILES string of the molecule is CCCC/C=C\CCCCCCCC(=O)OCC(COC(=O)CCCCCCCCCCCCCCCCCCCCCCCCCCCCC)OC(=O)CCCCCCCCCCCCC/C=C\CCCCCCCCCC. The van der Waals surface area contributed by atoms with E-state index in [0.717, 1.165) is 64.2 Å². The van der Waals surface area contributed by atoms with Gasteiger partial charge in [-0.25, -0.2) is 0 Å². The van der Waals surface area contributed by atoms with Crippen molar-refractivity contribution < 1.29 is 28.6 Å². The molecule has 0 aromatic heterocycles. The number of allylic oxidation sites excluding steroid dienone is 4. The number of hydrogen-bond acceptors (Lipinski definition) is 6. The fourth-order valence-corrected chi connectivity index (χ4v) is 11.0. The third kappa shape index (κ3) is 66.6. The molecule has 0 fully saturated rings. The molecule has 0 aliphatic heterocycles. The minimum Gasteiger partial charge on any atom is -0.462 e. The summed E-state index contributed by atoms with van der Waals surface area (Å²) in [5, 5.41) is 0. The number of rotatable bonds is 67. The maximum absolute atomic E-state index is 12.9. The van der Waals surface area contributed by atoms with Gasteiger partial charge in [0.25, 0.3) is 0 Å². The first-order valence-electron chi connectivity index (χ1n) is 35.8. The van der Waals surface area contributed by atoms with Gasteiger partial charge in [0.2, 0.25) is 0 Å². The maximum Gasteiger partial charge on any atom is 0.306 e. The molecule has 0 bridgehead atoms. The van der Waals surface area contributed by atoms with Crippen LogP contribution in [0.4, 0.5) is 0 Å². The molecule has 79 heavy (non-hydrogen) atoms. The summed E-state index contributed by atoms with van der Waals surface area (Å²) in [6.45, 7) is 6.67. The van der Waals surface area contributed by atoms with Crippen LogP contribution in [0.3, 0.4) is 0 Å². The molecule has 0 aromatic carbocycles. The predicted octanol–water partition coefficient (Wildman–Crippen LogP) is 24.6. The van der Waals surface area contributed by atoms with Gasteiger partial charge in [-0.1, -0.05) is 347 Å². The molecule has 0 saturated carbocycles. The van der Waals surface area contributed by atoms with Crippen molar-refractivity contribution in [2.75, 3.05) is 13.2 Å². The van der Waals surface area contributed by atoms with E-state index in [-0.39, 0.29) is 31.1 Å². The molecule has 0 aliphatic carbocycles. The first-order chi connectivity index (χ1) is 39.0. The van der Waals surface area contributed by atoms with Gasteiger partial charge in [-0.2, -0.15) is 0 Å². The number of carbonyl (C=O) groups excluding carboxylic acids is 3. The van der Waals surface area contributed by atoms with E-state index in [9.17, 15) is 14.4 Å². The van der Waals surface area contributed by atoms with E-state index in [1.54, 1.807) is 0 Å². The molecule has 0 rings (SSSR count). The molecule has 0 aliphatic rings. The molecular formula is C73H138O6. The van der Waals surface area contributed by atoms with Crippen molar-refractivity contribution in [2.24, 2.45) is 0 Å². The standard InChI is InChI=1S/C73H138O6/c1-4-7-10-13-16-19-22-24-26-28-30-32-34-35-36-37-39-40-42-44-46-48-51-54-57-60-63-66-72(75)78-69-70(68-77-71(74)65-62-59-56-53-50-21-18-15-12-9-6-3)79-73(76)67-64-61-58-55-52-49-47-45-43-41-38-33-31-29-27-25-23-20-17-14-11-8-5-2/h15,18,29,31,70H,4-14,16-17,19-28,30,32-69H2,1-3H3/b18-15-,31-29-.